The number of carbonyl (C=O) groups excluding carboxylic acids is 5. The van der Waals surface area contributed by atoms with E-state index in [9.17, 15) is 29.1 Å². The summed E-state index contributed by atoms with van der Waals surface area (Å²) >= 11 is 0. The van der Waals surface area contributed by atoms with Gasteiger partial charge in [-0.25, -0.2) is 4.79 Å². The van der Waals surface area contributed by atoms with Crippen molar-refractivity contribution < 1.29 is 33.8 Å². The van der Waals surface area contributed by atoms with Crippen LogP contribution in [0.5, 0.6) is 0 Å². The third kappa shape index (κ3) is 11.7. The van der Waals surface area contributed by atoms with Crippen LogP contribution in [0.2, 0.25) is 0 Å². The quantitative estimate of drug-likeness (QED) is 0.126. The molecule has 44 heavy (non-hydrogen) atoms. The van der Waals surface area contributed by atoms with Crippen LogP contribution in [0.1, 0.15) is 93.1 Å². The van der Waals surface area contributed by atoms with Crippen LogP contribution in [0, 0.1) is 11.3 Å². The smallest absolute Gasteiger partial charge is 0.408 e. The molecule has 0 bridgehead atoms. The van der Waals surface area contributed by atoms with Crippen molar-refractivity contribution in [2.75, 3.05) is 11.9 Å². The molecule has 11 nitrogen and oxygen atoms in total. The molecule has 0 radical (unpaired) electrons. The highest BCUT2D eigenvalue weighted by Gasteiger charge is 2.36. The number of aliphatic hydroxyl groups excluding tert-OH is 1. The van der Waals surface area contributed by atoms with Gasteiger partial charge in [0.05, 0.1) is 12.2 Å². The maximum Gasteiger partial charge on any atom is 0.408 e. The van der Waals surface area contributed by atoms with E-state index in [1.165, 1.54) is 0 Å². The molecule has 0 aliphatic heterocycles. The SMILES string of the molecule is CC(NCCCC[C@H](NC(=O)[C@@H](NC(=O)OC(C)(C)C)C(C)C)C(=O)Nc1ccc(CO)cc1)=C1C(=O)CC(C)(C)CC1=O. The van der Waals surface area contributed by atoms with Crippen molar-refractivity contribution in [1.82, 2.24) is 16.0 Å². The lowest BCUT2D eigenvalue weighted by molar-refractivity contribution is -0.128. The largest absolute Gasteiger partial charge is 0.444 e. The van der Waals surface area contributed by atoms with Crippen LogP contribution in [0.4, 0.5) is 10.5 Å². The minimum atomic E-state index is -0.935. The zero-order valence-corrected chi connectivity index (χ0v) is 27.4. The normalized spacial score (nSPS) is 16.2. The van der Waals surface area contributed by atoms with Gasteiger partial charge in [-0.1, -0.05) is 39.8 Å². The van der Waals surface area contributed by atoms with Gasteiger partial charge in [0.1, 0.15) is 17.7 Å². The molecule has 0 aromatic heterocycles. The summed E-state index contributed by atoms with van der Waals surface area (Å²) in [7, 11) is 0. The van der Waals surface area contributed by atoms with Crippen LogP contribution in [-0.4, -0.2) is 58.8 Å². The van der Waals surface area contributed by atoms with Gasteiger partial charge in [-0.3, -0.25) is 19.2 Å². The zero-order valence-electron chi connectivity index (χ0n) is 27.4. The van der Waals surface area contributed by atoms with Crippen LogP contribution in [0.25, 0.3) is 0 Å². The molecule has 2 atom stereocenters. The fourth-order valence-corrected chi connectivity index (χ4v) is 4.94. The lowest BCUT2D eigenvalue weighted by Gasteiger charge is -2.29. The number of alkyl carbamates (subject to hydrolysis) is 1. The molecular weight excluding hydrogens is 564 g/mol. The molecule has 1 aliphatic carbocycles. The Bertz CT molecular complexity index is 1210. The molecule has 1 aromatic rings. The van der Waals surface area contributed by atoms with Crippen LogP contribution < -0.4 is 21.3 Å². The molecule has 1 saturated carbocycles. The molecule has 1 aromatic carbocycles. The number of allylic oxidation sites excluding steroid dienone is 2. The van der Waals surface area contributed by atoms with E-state index < -0.39 is 35.6 Å². The molecule has 2 rings (SSSR count). The van der Waals surface area contributed by atoms with E-state index in [4.69, 9.17) is 4.74 Å². The van der Waals surface area contributed by atoms with Gasteiger partial charge in [0.2, 0.25) is 11.8 Å². The number of anilines is 1. The number of Topliss-reactive ketones (excluding diaryl/α,β-unsaturated/α-hetero) is 2. The third-order valence-corrected chi connectivity index (χ3v) is 7.18. The monoisotopic (exact) mass is 614 g/mol. The van der Waals surface area contributed by atoms with Crippen molar-refractivity contribution in [2.45, 2.75) is 112 Å². The minimum Gasteiger partial charge on any atom is -0.444 e. The fraction of sp³-hybridized carbons (Fsp3) is 0.606. The number of benzene rings is 1. The summed E-state index contributed by atoms with van der Waals surface area (Å²) in [4.78, 5) is 64.2. The van der Waals surface area contributed by atoms with Gasteiger partial charge in [-0.05, 0) is 76.0 Å². The summed E-state index contributed by atoms with van der Waals surface area (Å²) in [6.07, 6.45) is 1.36. The molecule has 0 saturated heterocycles. The molecule has 244 valence electrons. The topological polar surface area (TPSA) is 163 Å². The summed E-state index contributed by atoms with van der Waals surface area (Å²) in [6.45, 7) is 14.6. The number of carbonyl (C=O) groups is 5. The predicted octanol–water partition coefficient (Wildman–Crippen LogP) is 4.14. The maximum absolute atomic E-state index is 13.3. The van der Waals surface area contributed by atoms with Gasteiger partial charge in [0.15, 0.2) is 11.6 Å². The Morgan fingerprint density at radius 1 is 0.955 bits per heavy atom. The Morgan fingerprint density at radius 3 is 2.07 bits per heavy atom. The van der Waals surface area contributed by atoms with Gasteiger partial charge >= 0.3 is 6.09 Å². The first-order chi connectivity index (χ1) is 20.4. The van der Waals surface area contributed by atoms with E-state index in [1.54, 1.807) is 65.8 Å². The standard InChI is InChI=1S/C33H50N4O7/c1-20(2)28(37-31(43)44-32(4,5)6)30(42)36-24(29(41)35-23-14-12-22(19-38)13-15-23)11-9-10-16-34-21(3)27-25(39)17-33(7,8)18-26(27)40/h12-15,20,24,28,34,38H,9-11,16-19H2,1-8H3,(H,35,41)(H,36,42)(H,37,43)/t24-,28-/m0/s1. The fourth-order valence-electron chi connectivity index (χ4n) is 4.94. The third-order valence-electron chi connectivity index (χ3n) is 7.18. The second kappa shape index (κ2) is 15.8. The van der Waals surface area contributed by atoms with Crippen LogP contribution in [-0.2, 0) is 30.5 Å². The van der Waals surface area contributed by atoms with E-state index in [0.717, 1.165) is 0 Å². The first-order valence-corrected chi connectivity index (χ1v) is 15.2. The van der Waals surface area contributed by atoms with E-state index in [-0.39, 0.29) is 35.1 Å². The van der Waals surface area contributed by atoms with Gasteiger partial charge in [-0.2, -0.15) is 0 Å². The van der Waals surface area contributed by atoms with E-state index in [2.05, 4.69) is 21.3 Å². The van der Waals surface area contributed by atoms with Crippen molar-refractivity contribution in [2.24, 2.45) is 11.3 Å². The summed E-state index contributed by atoms with van der Waals surface area (Å²) in [6, 6.07) is 4.86. The Balaban J connectivity index is 2.09. The van der Waals surface area contributed by atoms with Gasteiger partial charge < -0.3 is 31.1 Å². The van der Waals surface area contributed by atoms with Gasteiger partial charge in [0.25, 0.3) is 0 Å². The van der Waals surface area contributed by atoms with Crippen molar-refractivity contribution in [3.63, 3.8) is 0 Å². The molecule has 0 heterocycles. The van der Waals surface area contributed by atoms with E-state index in [1.807, 2.05) is 13.8 Å². The number of amides is 3. The van der Waals surface area contributed by atoms with Crippen LogP contribution in [0.15, 0.2) is 35.5 Å². The number of hydrogen-bond donors (Lipinski definition) is 5. The highest BCUT2D eigenvalue weighted by atomic mass is 16.6. The Hall–Kier alpha value is -3.73. The average Bonchev–Trinajstić information content (AvgIpc) is 2.88. The first-order valence-electron chi connectivity index (χ1n) is 15.2. The first kappa shape index (κ1) is 36.5. The second-order valence-electron chi connectivity index (χ2n) is 13.6. The molecule has 11 heteroatoms. The number of rotatable bonds is 13. The molecule has 1 fully saturated rings. The number of nitrogens with one attached hydrogen (secondary N) is 4. The Kier molecular flexibility index (Phi) is 13.1. The summed E-state index contributed by atoms with van der Waals surface area (Å²) in [5, 5.41) is 20.7. The number of aliphatic hydroxyl groups is 1. The highest BCUT2D eigenvalue weighted by molar-refractivity contribution is 6.22. The van der Waals surface area contributed by atoms with Crippen molar-refractivity contribution in [3.8, 4) is 0 Å². The molecule has 0 unspecified atom stereocenters. The van der Waals surface area contributed by atoms with Gasteiger partial charge in [-0.15, -0.1) is 0 Å². The summed E-state index contributed by atoms with van der Waals surface area (Å²) in [5.41, 5.74) is 0.907. The molecule has 1 aliphatic rings. The van der Waals surface area contributed by atoms with Crippen LogP contribution in [0.3, 0.4) is 0 Å². The van der Waals surface area contributed by atoms with Crippen molar-refractivity contribution >= 4 is 35.2 Å². The molecular formula is C33H50N4O7. The molecule has 3 amide bonds. The lowest BCUT2D eigenvalue weighted by atomic mass is 9.73. The predicted molar refractivity (Wildman–Crippen MR) is 169 cm³/mol. The Labute approximate surface area is 261 Å². The average molecular weight is 615 g/mol. The molecule has 5 N–H and O–H groups in total. The summed E-state index contributed by atoms with van der Waals surface area (Å²) < 4.78 is 5.32. The van der Waals surface area contributed by atoms with Gasteiger partial charge in [0, 0.05) is 30.8 Å². The number of ketones is 2. The second-order valence-corrected chi connectivity index (χ2v) is 13.6. The Morgan fingerprint density at radius 2 is 1.55 bits per heavy atom. The summed E-state index contributed by atoms with van der Waals surface area (Å²) in [5.74, 6) is -1.53. The van der Waals surface area contributed by atoms with Crippen LogP contribution >= 0.6 is 0 Å². The lowest BCUT2D eigenvalue weighted by Crippen LogP contribution is -2.55. The van der Waals surface area contributed by atoms with Crippen molar-refractivity contribution in [1.29, 1.82) is 0 Å². The number of ether oxygens (including phenoxy) is 1. The maximum atomic E-state index is 13.3. The number of unbranched alkanes of at least 4 members (excludes halogenated alkanes) is 1. The van der Waals surface area contributed by atoms with Crippen molar-refractivity contribution in [3.05, 3.63) is 41.1 Å². The molecule has 0 spiro atoms. The van der Waals surface area contributed by atoms with E-state index in [0.29, 0.717) is 55.6 Å². The highest BCUT2D eigenvalue weighted by Crippen LogP contribution is 2.34. The zero-order chi connectivity index (χ0) is 33.2. The number of hydrogen-bond acceptors (Lipinski definition) is 8. The minimum absolute atomic E-state index is 0.126. The van der Waals surface area contributed by atoms with E-state index >= 15 is 0 Å².